The molecule has 0 unspecified atom stereocenters. The van der Waals surface area contributed by atoms with Crippen LogP contribution >= 0.6 is 15.9 Å². The van der Waals surface area contributed by atoms with E-state index in [1.807, 2.05) is 0 Å². The Morgan fingerprint density at radius 1 is 1.44 bits per heavy atom. The van der Waals surface area contributed by atoms with Gasteiger partial charge in [0.05, 0.1) is 5.69 Å². The van der Waals surface area contributed by atoms with Crippen molar-refractivity contribution >= 4 is 15.9 Å². The maximum atomic E-state index is 11.6. The van der Waals surface area contributed by atoms with Gasteiger partial charge in [0.25, 0.3) is 5.56 Å². The number of aromatic nitrogens is 2. The molecule has 4 nitrogen and oxygen atoms in total. The van der Waals surface area contributed by atoms with Gasteiger partial charge >= 0.3 is 0 Å². The number of aryl methyl sites for hydroxylation is 2. The molecule has 0 spiro atoms. The monoisotopic (exact) mass is 288 g/mol. The maximum absolute atomic E-state index is 11.6. The summed E-state index contributed by atoms with van der Waals surface area (Å²) in [4.78, 5) is 18.8. The lowest BCUT2D eigenvalue weighted by Gasteiger charge is -2.05. The van der Waals surface area contributed by atoms with Crippen molar-refractivity contribution in [3.63, 3.8) is 0 Å². The van der Waals surface area contributed by atoms with Crippen LogP contribution in [0, 0.1) is 0 Å². The van der Waals surface area contributed by atoms with Crippen molar-refractivity contribution in [2.45, 2.75) is 32.6 Å². The Balaban J connectivity index is 2.82. The van der Waals surface area contributed by atoms with E-state index >= 15 is 0 Å². The van der Waals surface area contributed by atoms with Crippen LogP contribution in [0.15, 0.2) is 9.27 Å². The Bertz CT molecular complexity index is 390. The van der Waals surface area contributed by atoms with Gasteiger partial charge in [0.15, 0.2) is 0 Å². The third-order valence-electron chi connectivity index (χ3n) is 2.23. The predicted molar refractivity (Wildman–Crippen MR) is 66.7 cm³/mol. The molecular weight excluding hydrogens is 272 g/mol. The number of nitrogens with zero attached hydrogens (tertiary/aromatic N) is 1. The highest BCUT2D eigenvalue weighted by Gasteiger charge is 2.07. The Kier molecular flexibility index (Phi) is 5.69. The second-order valence-electron chi connectivity index (χ2n) is 3.62. The molecule has 0 aromatic carbocycles. The van der Waals surface area contributed by atoms with E-state index < -0.39 is 0 Å². The van der Waals surface area contributed by atoms with Crippen molar-refractivity contribution in [3.8, 4) is 0 Å². The molecule has 0 amide bonds. The molecule has 0 aliphatic rings. The number of H-pyrrole nitrogens is 1. The van der Waals surface area contributed by atoms with Crippen LogP contribution in [0.25, 0.3) is 0 Å². The quantitative estimate of drug-likeness (QED) is 0.816. The molecule has 1 N–H and O–H groups in total. The van der Waals surface area contributed by atoms with Crippen LogP contribution in [0.3, 0.4) is 0 Å². The average Bonchev–Trinajstić information content (AvgIpc) is 2.26. The SMILES string of the molecule is CCCc1nc(CCCOC)[nH]c(=O)c1Br. The fourth-order valence-electron chi connectivity index (χ4n) is 1.46. The lowest BCUT2D eigenvalue weighted by Crippen LogP contribution is -2.16. The molecular formula is C11H17BrN2O2. The molecule has 0 saturated carbocycles. The van der Waals surface area contributed by atoms with Crippen LogP contribution < -0.4 is 5.56 Å². The van der Waals surface area contributed by atoms with Gasteiger partial charge in [-0.1, -0.05) is 13.3 Å². The Hall–Kier alpha value is -0.680. The molecule has 1 aromatic heterocycles. The predicted octanol–water partition coefficient (Wildman–Crippen LogP) is 2.06. The highest BCUT2D eigenvalue weighted by molar-refractivity contribution is 9.10. The number of rotatable bonds is 6. The van der Waals surface area contributed by atoms with E-state index in [0.717, 1.165) is 37.2 Å². The van der Waals surface area contributed by atoms with Crippen molar-refractivity contribution in [1.29, 1.82) is 0 Å². The molecule has 0 radical (unpaired) electrons. The minimum Gasteiger partial charge on any atom is -0.385 e. The first-order chi connectivity index (χ1) is 7.69. The number of halogens is 1. The van der Waals surface area contributed by atoms with Gasteiger partial charge in [-0.15, -0.1) is 0 Å². The number of aromatic amines is 1. The third-order valence-corrected chi connectivity index (χ3v) is 3.05. The van der Waals surface area contributed by atoms with E-state index in [-0.39, 0.29) is 5.56 Å². The molecule has 0 atom stereocenters. The zero-order valence-electron chi connectivity index (χ0n) is 9.68. The van der Waals surface area contributed by atoms with Gasteiger partial charge < -0.3 is 9.72 Å². The van der Waals surface area contributed by atoms with E-state index in [1.165, 1.54) is 0 Å². The van der Waals surface area contributed by atoms with Crippen LogP contribution in [0.5, 0.6) is 0 Å². The summed E-state index contributed by atoms with van der Waals surface area (Å²) in [5.41, 5.74) is 0.754. The summed E-state index contributed by atoms with van der Waals surface area (Å²) < 4.78 is 5.53. The molecule has 0 fully saturated rings. The summed E-state index contributed by atoms with van der Waals surface area (Å²) in [6.07, 6.45) is 3.41. The number of methoxy groups -OCH3 is 1. The van der Waals surface area contributed by atoms with Crippen LogP contribution in [0.2, 0.25) is 0 Å². The summed E-state index contributed by atoms with van der Waals surface area (Å²) in [5.74, 6) is 0.744. The number of hydrogen-bond donors (Lipinski definition) is 1. The normalized spacial score (nSPS) is 10.7. The van der Waals surface area contributed by atoms with E-state index in [2.05, 4.69) is 32.8 Å². The highest BCUT2D eigenvalue weighted by atomic mass is 79.9. The molecule has 16 heavy (non-hydrogen) atoms. The number of nitrogens with one attached hydrogen (secondary N) is 1. The van der Waals surface area contributed by atoms with Gasteiger partial charge in [0, 0.05) is 20.1 Å². The van der Waals surface area contributed by atoms with Crippen LogP contribution in [-0.2, 0) is 17.6 Å². The van der Waals surface area contributed by atoms with E-state index in [4.69, 9.17) is 4.74 Å². The first-order valence-electron chi connectivity index (χ1n) is 5.45. The smallest absolute Gasteiger partial charge is 0.265 e. The molecule has 0 aliphatic heterocycles. The van der Waals surface area contributed by atoms with E-state index in [9.17, 15) is 4.79 Å². The molecule has 0 bridgehead atoms. The summed E-state index contributed by atoms with van der Waals surface area (Å²) in [7, 11) is 1.67. The topological polar surface area (TPSA) is 55.0 Å². The Labute approximate surface area is 104 Å². The van der Waals surface area contributed by atoms with E-state index in [1.54, 1.807) is 7.11 Å². The van der Waals surface area contributed by atoms with Gasteiger partial charge in [-0.05, 0) is 28.8 Å². The minimum atomic E-state index is -0.0918. The van der Waals surface area contributed by atoms with Crippen LogP contribution in [0.4, 0.5) is 0 Å². The van der Waals surface area contributed by atoms with Crippen molar-refractivity contribution in [2.75, 3.05) is 13.7 Å². The number of ether oxygens (including phenoxy) is 1. The molecule has 0 saturated heterocycles. The van der Waals surface area contributed by atoms with Crippen molar-refractivity contribution in [2.24, 2.45) is 0 Å². The molecule has 1 heterocycles. The summed E-state index contributed by atoms with van der Waals surface area (Å²) in [6.45, 7) is 2.75. The van der Waals surface area contributed by atoms with Crippen LogP contribution in [-0.4, -0.2) is 23.7 Å². The second-order valence-corrected chi connectivity index (χ2v) is 4.41. The lowest BCUT2D eigenvalue weighted by atomic mass is 10.2. The minimum absolute atomic E-state index is 0.0918. The Morgan fingerprint density at radius 3 is 2.81 bits per heavy atom. The van der Waals surface area contributed by atoms with Gasteiger partial charge in [0.1, 0.15) is 10.3 Å². The molecule has 1 rings (SSSR count). The average molecular weight is 289 g/mol. The molecule has 5 heteroatoms. The third kappa shape index (κ3) is 3.72. The van der Waals surface area contributed by atoms with Crippen molar-refractivity contribution in [3.05, 3.63) is 26.3 Å². The van der Waals surface area contributed by atoms with E-state index in [0.29, 0.717) is 11.1 Å². The van der Waals surface area contributed by atoms with Gasteiger partial charge in [-0.3, -0.25) is 4.79 Å². The molecule has 1 aromatic rings. The fraction of sp³-hybridized carbons (Fsp3) is 0.636. The molecule has 90 valence electrons. The summed E-state index contributed by atoms with van der Waals surface area (Å²) in [6, 6.07) is 0. The second kappa shape index (κ2) is 6.81. The zero-order chi connectivity index (χ0) is 12.0. The fourth-order valence-corrected chi connectivity index (χ4v) is 1.85. The largest absolute Gasteiger partial charge is 0.385 e. The lowest BCUT2D eigenvalue weighted by molar-refractivity contribution is 0.194. The van der Waals surface area contributed by atoms with Crippen molar-refractivity contribution in [1.82, 2.24) is 9.97 Å². The van der Waals surface area contributed by atoms with Gasteiger partial charge in [0.2, 0.25) is 0 Å². The van der Waals surface area contributed by atoms with Gasteiger partial charge in [-0.2, -0.15) is 0 Å². The highest BCUT2D eigenvalue weighted by Crippen LogP contribution is 2.11. The standard InChI is InChI=1S/C11H17BrN2O2/c1-3-5-8-10(12)11(15)14-9(13-8)6-4-7-16-2/h3-7H2,1-2H3,(H,13,14,15). The first-order valence-corrected chi connectivity index (χ1v) is 6.24. The van der Waals surface area contributed by atoms with Crippen LogP contribution in [0.1, 0.15) is 31.3 Å². The first kappa shape index (κ1) is 13.4. The Morgan fingerprint density at radius 2 is 2.19 bits per heavy atom. The summed E-state index contributed by atoms with van der Waals surface area (Å²) in [5, 5.41) is 0. The summed E-state index contributed by atoms with van der Waals surface area (Å²) >= 11 is 3.27. The van der Waals surface area contributed by atoms with Crippen molar-refractivity contribution < 1.29 is 4.74 Å². The van der Waals surface area contributed by atoms with Gasteiger partial charge in [-0.25, -0.2) is 4.98 Å². The number of hydrogen-bond acceptors (Lipinski definition) is 3. The zero-order valence-corrected chi connectivity index (χ0v) is 11.3. The molecule has 0 aliphatic carbocycles. The maximum Gasteiger partial charge on any atom is 0.265 e.